The average Bonchev–Trinajstić information content (AvgIpc) is 2.40. The van der Waals surface area contributed by atoms with Crippen LogP contribution in [0.5, 0.6) is 5.75 Å². The number of benzene rings is 1. The third kappa shape index (κ3) is 3.94. The van der Waals surface area contributed by atoms with Crippen LogP contribution in [0.1, 0.15) is 31.2 Å². The second-order valence-corrected chi connectivity index (χ2v) is 5.97. The van der Waals surface area contributed by atoms with Crippen molar-refractivity contribution in [1.29, 1.82) is 0 Å². The van der Waals surface area contributed by atoms with Gasteiger partial charge in [-0.3, -0.25) is 4.79 Å². The van der Waals surface area contributed by atoms with E-state index in [-0.39, 0.29) is 17.6 Å². The van der Waals surface area contributed by atoms with Gasteiger partial charge in [0.15, 0.2) is 0 Å². The number of hydrogen-bond acceptors (Lipinski definition) is 3. The molecule has 0 aliphatic heterocycles. The normalized spacial score (nSPS) is 23.2. The van der Waals surface area contributed by atoms with Gasteiger partial charge in [0.1, 0.15) is 5.75 Å². The highest BCUT2D eigenvalue weighted by molar-refractivity contribution is 9.10. The molecule has 19 heavy (non-hydrogen) atoms. The van der Waals surface area contributed by atoms with Crippen molar-refractivity contribution < 1.29 is 9.90 Å². The summed E-state index contributed by atoms with van der Waals surface area (Å²) in [7, 11) is 0. The third-order valence-corrected chi connectivity index (χ3v) is 4.37. The molecule has 1 saturated carbocycles. The predicted molar refractivity (Wildman–Crippen MR) is 77.6 cm³/mol. The van der Waals surface area contributed by atoms with Crippen LogP contribution in [0.2, 0.25) is 0 Å². The molecule has 0 radical (unpaired) electrons. The van der Waals surface area contributed by atoms with Gasteiger partial charge in [-0.05, 0) is 59.3 Å². The number of halogens is 1. The fraction of sp³-hybridized carbons (Fsp3) is 0.500. The maximum absolute atomic E-state index is 11.1. The van der Waals surface area contributed by atoms with E-state index in [9.17, 15) is 9.90 Å². The molecule has 0 spiro atoms. The van der Waals surface area contributed by atoms with Crippen LogP contribution in [0.25, 0.3) is 0 Å². The van der Waals surface area contributed by atoms with E-state index >= 15 is 0 Å². The smallest absolute Gasteiger partial charge is 0.220 e. The summed E-state index contributed by atoms with van der Waals surface area (Å²) in [6.07, 6.45) is 3.75. The second-order valence-electron chi connectivity index (χ2n) is 5.12. The van der Waals surface area contributed by atoms with Crippen molar-refractivity contribution in [3.8, 4) is 5.75 Å². The van der Waals surface area contributed by atoms with Crippen LogP contribution in [-0.2, 0) is 11.3 Å². The summed E-state index contributed by atoms with van der Waals surface area (Å²) in [5, 5.41) is 12.9. The summed E-state index contributed by atoms with van der Waals surface area (Å²) in [6, 6.07) is 5.95. The molecule has 0 aromatic heterocycles. The van der Waals surface area contributed by atoms with Gasteiger partial charge in [-0.1, -0.05) is 6.07 Å². The van der Waals surface area contributed by atoms with Gasteiger partial charge in [0.25, 0.3) is 0 Å². The molecule has 1 aromatic carbocycles. The van der Waals surface area contributed by atoms with E-state index in [0.29, 0.717) is 10.5 Å². The summed E-state index contributed by atoms with van der Waals surface area (Å²) < 4.78 is 0.712. The van der Waals surface area contributed by atoms with Crippen LogP contribution in [-0.4, -0.2) is 17.1 Å². The van der Waals surface area contributed by atoms with Gasteiger partial charge in [-0.2, -0.15) is 0 Å². The number of nitrogens with one attached hydrogen (secondary N) is 1. The fourth-order valence-electron chi connectivity index (χ4n) is 2.50. The Balaban J connectivity index is 1.80. The fourth-order valence-corrected chi connectivity index (χ4v) is 2.93. The highest BCUT2D eigenvalue weighted by Gasteiger charge is 2.24. The van der Waals surface area contributed by atoms with Gasteiger partial charge in [-0.25, -0.2) is 0 Å². The standard InChI is InChI=1S/C14H19BrN2O2/c15-12-7-9(1-6-13(12)18)8-17-11-4-2-10(3-5-11)14(16)19/h1,6-7,10-11,17-18H,2-5,8H2,(H2,16,19). The molecule has 0 heterocycles. The number of carbonyl (C=O) groups is 1. The average molecular weight is 327 g/mol. The first-order valence-electron chi connectivity index (χ1n) is 6.56. The molecule has 1 fully saturated rings. The van der Waals surface area contributed by atoms with Crippen molar-refractivity contribution in [2.24, 2.45) is 11.7 Å². The Morgan fingerprint density at radius 1 is 1.37 bits per heavy atom. The van der Waals surface area contributed by atoms with Gasteiger partial charge in [0.2, 0.25) is 5.91 Å². The Labute approximate surface area is 121 Å². The lowest BCUT2D eigenvalue weighted by Gasteiger charge is -2.27. The number of hydrogen-bond donors (Lipinski definition) is 3. The lowest BCUT2D eigenvalue weighted by molar-refractivity contribution is -0.122. The van der Waals surface area contributed by atoms with Crippen LogP contribution in [0, 0.1) is 5.92 Å². The van der Waals surface area contributed by atoms with Crippen LogP contribution in [0.15, 0.2) is 22.7 Å². The van der Waals surface area contributed by atoms with Crippen molar-refractivity contribution >= 4 is 21.8 Å². The van der Waals surface area contributed by atoms with Gasteiger partial charge in [-0.15, -0.1) is 0 Å². The molecule has 1 amide bonds. The van der Waals surface area contributed by atoms with E-state index in [1.807, 2.05) is 12.1 Å². The molecule has 1 aromatic rings. The third-order valence-electron chi connectivity index (χ3n) is 3.74. The van der Waals surface area contributed by atoms with Gasteiger partial charge < -0.3 is 16.2 Å². The summed E-state index contributed by atoms with van der Waals surface area (Å²) >= 11 is 3.31. The van der Waals surface area contributed by atoms with Gasteiger partial charge >= 0.3 is 0 Å². The van der Waals surface area contributed by atoms with Crippen molar-refractivity contribution in [3.63, 3.8) is 0 Å². The van der Waals surface area contributed by atoms with E-state index in [4.69, 9.17) is 5.73 Å². The maximum Gasteiger partial charge on any atom is 0.220 e. The number of primary amides is 1. The van der Waals surface area contributed by atoms with Crippen molar-refractivity contribution in [3.05, 3.63) is 28.2 Å². The number of nitrogens with two attached hydrogens (primary N) is 1. The molecule has 1 aliphatic rings. The summed E-state index contributed by atoms with van der Waals surface area (Å²) in [5.74, 6) is 0.146. The highest BCUT2D eigenvalue weighted by atomic mass is 79.9. The van der Waals surface area contributed by atoms with E-state index in [1.165, 1.54) is 0 Å². The van der Waals surface area contributed by atoms with Gasteiger partial charge in [0, 0.05) is 18.5 Å². The summed E-state index contributed by atoms with van der Waals surface area (Å²) in [4.78, 5) is 11.1. The number of rotatable bonds is 4. The van der Waals surface area contributed by atoms with Crippen molar-refractivity contribution in [2.75, 3.05) is 0 Å². The van der Waals surface area contributed by atoms with Crippen LogP contribution < -0.4 is 11.1 Å². The Hall–Kier alpha value is -1.07. The number of phenolic OH excluding ortho intramolecular Hbond substituents is 1. The molecule has 0 bridgehead atoms. The molecule has 4 N–H and O–H groups in total. The van der Waals surface area contributed by atoms with Crippen molar-refractivity contribution in [1.82, 2.24) is 5.32 Å². The first-order valence-corrected chi connectivity index (χ1v) is 7.35. The quantitative estimate of drug-likeness (QED) is 0.794. The minimum absolute atomic E-state index is 0.0564. The molecule has 4 nitrogen and oxygen atoms in total. The number of amides is 1. The lowest BCUT2D eigenvalue weighted by atomic mass is 9.85. The zero-order chi connectivity index (χ0) is 13.8. The number of aromatic hydroxyl groups is 1. The molecular formula is C14H19BrN2O2. The van der Waals surface area contributed by atoms with Crippen LogP contribution >= 0.6 is 15.9 Å². The Morgan fingerprint density at radius 3 is 2.63 bits per heavy atom. The molecule has 1 aliphatic carbocycles. The van der Waals surface area contributed by atoms with E-state index in [2.05, 4.69) is 21.2 Å². The van der Waals surface area contributed by atoms with E-state index < -0.39 is 0 Å². The Morgan fingerprint density at radius 2 is 2.05 bits per heavy atom. The molecule has 104 valence electrons. The largest absolute Gasteiger partial charge is 0.507 e. The summed E-state index contributed by atoms with van der Waals surface area (Å²) in [6.45, 7) is 0.769. The first-order chi connectivity index (χ1) is 9.06. The predicted octanol–water partition coefficient (Wildman–Crippen LogP) is 2.29. The van der Waals surface area contributed by atoms with E-state index in [0.717, 1.165) is 37.8 Å². The monoisotopic (exact) mass is 326 g/mol. The Bertz CT molecular complexity index is 457. The zero-order valence-electron chi connectivity index (χ0n) is 10.7. The number of carbonyl (C=O) groups excluding carboxylic acids is 1. The molecular weight excluding hydrogens is 308 g/mol. The minimum atomic E-state index is -0.166. The second kappa shape index (κ2) is 6.39. The molecule has 5 heteroatoms. The van der Waals surface area contributed by atoms with E-state index in [1.54, 1.807) is 6.07 Å². The zero-order valence-corrected chi connectivity index (χ0v) is 12.3. The summed E-state index contributed by atoms with van der Waals surface area (Å²) in [5.41, 5.74) is 6.45. The molecule has 2 rings (SSSR count). The number of phenols is 1. The maximum atomic E-state index is 11.1. The highest BCUT2D eigenvalue weighted by Crippen LogP contribution is 2.26. The van der Waals surface area contributed by atoms with Gasteiger partial charge in [0.05, 0.1) is 4.47 Å². The molecule has 0 unspecified atom stereocenters. The lowest BCUT2D eigenvalue weighted by Crippen LogP contribution is -2.36. The van der Waals surface area contributed by atoms with Crippen molar-refractivity contribution in [2.45, 2.75) is 38.3 Å². The van der Waals surface area contributed by atoms with Crippen LogP contribution in [0.4, 0.5) is 0 Å². The topological polar surface area (TPSA) is 75.4 Å². The Kier molecular flexibility index (Phi) is 4.82. The SMILES string of the molecule is NC(=O)C1CCC(NCc2ccc(O)c(Br)c2)CC1. The molecule has 0 atom stereocenters. The van der Waals surface area contributed by atoms with Crippen LogP contribution in [0.3, 0.4) is 0 Å². The minimum Gasteiger partial charge on any atom is -0.507 e. The molecule has 0 saturated heterocycles. The first kappa shape index (κ1) is 14.3.